The zero-order chi connectivity index (χ0) is 17.0. The summed E-state index contributed by atoms with van der Waals surface area (Å²) in [5.74, 6) is -3.29. The van der Waals surface area contributed by atoms with Crippen LogP contribution in [0.3, 0.4) is 0 Å². The van der Waals surface area contributed by atoms with Crippen molar-refractivity contribution in [1.29, 1.82) is 0 Å². The highest BCUT2D eigenvalue weighted by molar-refractivity contribution is 14.0. The van der Waals surface area contributed by atoms with Gasteiger partial charge in [0.15, 0.2) is 5.96 Å². The first-order chi connectivity index (χ1) is 10.0. The summed E-state index contributed by atoms with van der Waals surface area (Å²) in [4.78, 5) is 18.6. The number of aliphatic imine (C=N–C) groups is 1. The minimum absolute atomic E-state index is 0. The Morgan fingerprint density at radius 1 is 1.22 bits per heavy atom. The number of hydrogen-bond donors (Lipinski definition) is 2. The van der Waals surface area contributed by atoms with E-state index in [1.807, 2.05) is 0 Å². The smallest absolute Gasteiger partial charge is 0.410 e. The zero-order valence-electron chi connectivity index (χ0n) is 13.6. The molecule has 1 aliphatic heterocycles. The molecule has 0 aromatic heterocycles. The molecule has 1 heterocycles. The van der Waals surface area contributed by atoms with Crippen molar-refractivity contribution in [1.82, 2.24) is 9.80 Å². The quantitative estimate of drug-likeness (QED) is 0.382. The summed E-state index contributed by atoms with van der Waals surface area (Å²) >= 11 is 0. The molecular formula is C13H25F2IN4O3. The number of carbonyl (C=O) groups excluding carboxylic acids is 1. The van der Waals surface area contributed by atoms with Crippen LogP contribution >= 0.6 is 24.0 Å². The van der Waals surface area contributed by atoms with Gasteiger partial charge in [0.2, 0.25) is 0 Å². The van der Waals surface area contributed by atoms with Gasteiger partial charge >= 0.3 is 6.09 Å². The van der Waals surface area contributed by atoms with E-state index in [0.717, 1.165) is 0 Å². The van der Waals surface area contributed by atoms with E-state index in [2.05, 4.69) is 4.99 Å². The van der Waals surface area contributed by atoms with Crippen molar-refractivity contribution in [2.24, 2.45) is 10.7 Å². The molecule has 0 aromatic carbocycles. The second-order valence-electron chi connectivity index (χ2n) is 6.14. The predicted octanol–water partition coefficient (Wildman–Crippen LogP) is 1.10. The molecule has 23 heavy (non-hydrogen) atoms. The Morgan fingerprint density at radius 3 is 2.13 bits per heavy atom. The molecule has 136 valence electrons. The van der Waals surface area contributed by atoms with E-state index in [-0.39, 0.29) is 29.9 Å². The van der Waals surface area contributed by atoms with Gasteiger partial charge in [-0.25, -0.2) is 18.6 Å². The molecule has 1 rings (SSSR count). The van der Waals surface area contributed by atoms with Gasteiger partial charge in [-0.15, -0.1) is 24.0 Å². The van der Waals surface area contributed by atoms with Crippen LogP contribution in [-0.2, 0) is 4.74 Å². The predicted molar refractivity (Wildman–Crippen MR) is 93.3 cm³/mol. The van der Waals surface area contributed by atoms with E-state index in [0.29, 0.717) is 26.2 Å². The molecule has 0 saturated carbocycles. The molecule has 10 heteroatoms. The number of carbonyl (C=O) groups is 1. The minimum atomic E-state index is -3.27. The number of guanidine groups is 1. The molecule has 0 bridgehead atoms. The van der Waals surface area contributed by atoms with E-state index < -0.39 is 30.8 Å². The molecule has 0 aromatic rings. The number of nitrogens with zero attached hydrogens (tertiary/aromatic N) is 3. The molecule has 0 atom stereocenters. The molecule has 0 aliphatic carbocycles. The lowest BCUT2D eigenvalue weighted by Gasteiger charge is -2.36. The van der Waals surface area contributed by atoms with Crippen LogP contribution in [0, 0.1) is 0 Å². The van der Waals surface area contributed by atoms with Gasteiger partial charge in [0, 0.05) is 26.2 Å². The SMILES string of the molecule is CC(C)(C)OC(=O)N1CCN(C(N)=NCC(F)(F)CO)CC1.I. The summed E-state index contributed by atoms with van der Waals surface area (Å²) < 4.78 is 31.1. The van der Waals surface area contributed by atoms with Crippen molar-refractivity contribution in [3.63, 3.8) is 0 Å². The van der Waals surface area contributed by atoms with Crippen molar-refractivity contribution < 1.29 is 23.4 Å². The number of hydrogen-bond acceptors (Lipinski definition) is 4. The van der Waals surface area contributed by atoms with E-state index in [1.165, 1.54) is 4.90 Å². The van der Waals surface area contributed by atoms with Gasteiger partial charge in [0.05, 0.1) is 0 Å². The molecule has 0 radical (unpaired) electrons. The molecule has 1 fully saturated rings. The summed E-state index contributed by atoms with van der Waals surface area (Å²) in [6.45, 7) is 4.76. The van der Waals surface area contributed by atoms with Crippen molar-refractivity contribution in [3.8, 4) is 0 Å². The second-order valence-corrected chi connectivity index (χ2v) is 6.14. The number of aliphatic hydroxyl groups excluding tert-OH is 1. The first-order valence-corrected chi connectivity index (χ1v) is 7.05. The number of halogens is 3. The largest absolute Gasteiger partial charge is 0.444 e. The van der Waals surface area contributed by atoms with Gasteiger partial charge in [-0.1, -0.05) is 0 Å². The first-order valence-electron chi connectivity index (χ1n) is 7.05. The molecule has 0 spiro atoms. The zero-order valence-corrected chi connectivity index (χ0v) is 15.9. The normalized spacial score (nSPS) is 16.9. The van der Waals surface area contributed by atoms with Gasteiger partial charge in [0.25, 0.3) is 5.92 Å². The standard InChI is InChI=1S/C13H24F2N4O3.HI/c1-12(2,3)22-11(21)19-6-4-18(5-7-19)10(16)17-8-13(14,15)9-20;/h20H,4-9H2,1-3H3,(H2,16,17);1H. The Bertz CT molecular complexity index is 422. The second kappa shape index (κ2) is 8.81. The van der Waals surface area contributed by atoms with Gasteiger partial charge in [-0.3, -0.25) is 0 Å². The third kappa shape index (κ3) is 7.95. The fourth-order valence-electron chi connectivity index (χ4n) is 1.79. The maximum Gasteiger partial charge on any atom is 0.410 e. The Hall–Kier alpha value is -0.910. The van der Waals surface area contributed by atoms with E-state index in [9.17, 15) is 13.6 Å². The number of ether oxygens (including phenoxy) is 1. The Morgan fingerprint density at radius 2 is 1.70 bits per heavy atom. The van der Waals surface area contributed by atoms with Crippen LogP contribution < -0.4 is 5.73 Å². The van der Waals surface area contributed by atoms with Crippen LogP contribution in [0.2, 0.25) is 0 Å². The van der Waals surface area contributed by atoms with Crippen molar-refractivity contribution in [2.45, 2.75) is 32.3 Å². The van der Waals surface area contributed by atoms with Gasteiger partial charge < -0.3 is 25.4 Å². The molecule has 1 aliphatic rings. The lowest BCUT2D eigenvalue weighted by molar-refractivity contribution is -0.0406. The van der Waals surface area contributed by atoms with Crippen LogP contribution in [0.4, 0.5) is 13.6 Å². The Labute approximate surface area is 151 Å². The van der Waals surface area contributed by atoms with E-state index in [1.54, 1.807) is 25.7 Å². The topological polar surface area (TPSA) is 91.4 Å². The number of alkyl halides is 2. The monoisotopic (exact) mass is 450 g/mol. The van der Waals surface area contributed by atoms with E-state index in [4.69, 9.17) is 15.6 Å². The van der Waals surface area contributed by atoms with E-state index >= 15 is 0 Å². The van der Waals surface area contributed by atoms with Crippen LogP contribution in [0.25, 0.3) is 0 Å². The average molecular weight is 450 g/mol. The highest BCUT2D eigenvalue weighted by Crippen LogP contribution is 2.13. The average Bonchev–Trinajstić information content (AvgIpc) is 2.43. The number of piperazine rings is 1. The van der Waals surface area contributed by atoms with Crippen molar-refractivity contribution in [2.75, 3.05) is 39.3 Å². The van der Waals surface area contributed by atoms with Crippen molar-refractivity contribution in [3.05, 3.63) is 0 Å². The molecule has 1 saturated heterocycles. The van der Waals surface area contributed by atoms with Crippen molar-refractivity contribution >= 4 is 36.0 Å². The maximum absolute atomic E-state index is 12.9. The molecule has 3 N–H and O–H groups in total. The lowest BCUT2D eigenvalue weighted by atomic mass is 10.2. The van der Waals surface area contributed by atoms with Crippen LogP contribution in [0.5, 0.6) is 0 Å². The summed E-state index contributed by atoms with van der Waals surface area (Å²) in [5, 5.41) is 8.47. The molecule has 7 nitrogen and oxygen atoms in total. The van der Waals surface area contributed by atoms with Gasteiger partial charge in [-0.2, -0.15) is 0 Å². The number of rotatable bonds is 3. The molecular weight excluding hydrogens is 425 g/mol. The highest BCUT2D eigenvalue weighted by Gasteiger charge is 2.29. The lowest BCUT2D eigenvalue weighted by Crippen LogP contribution is -2.53. The highest BCUT2D eigenvalue weighted by atomic mass is 127. The van der Waals surface area contributed by atoms with Crippen LogP contribution in [0.15, 0.2) is 4.99 Å². The van der Waals surface area contributed by atoms with Gasteiger partial charge in [0.1, 0.15) is 18.8 Å². The fraction of sp³-hybridized carbons (Fsp3) is 0.846. The third-order valence-corrected chi connectivity index (χ3v) is 2.96. The summed E-state index contributed by atoms with van der Waals surface area (Å²) in [6.07, 6.45) is -0.408. The minimum Gasteiger partial charge on any atom is -0.444 e. The summed E-state index contributed by atoms with van der Waals surface area (Å²) in [5.41, 5.74) is 5.09. The number of aliphatic hydroxyl groups is 1. The molecule has 0 unspecified atom stereocenters. The summed E-state index contributed by atoms with van der Waals surface area (Å²) in [6, 6.07) is 0. The summed E-state index contributed by atoms with van der Waals surface area (Å²) in [7, 11) is 0. The fourth-order valence-corrected chi connectivity index (χ4v) is 1.79. The van der Waals surface area contributed by atoms with Gasteiger partial charge in [-0.05, 0) is 20.8 Å². The maximum atomic E-state index is 12.9. The Kier molecular flexibility index (Phi) is 8.46. The third-order valence-electron chi connectivity index (χ3n) is 2.96. The number of nitrogens with two attached hydrogens (primary N) is 1. The van der Waals surface area contributed by atoms with Crippen LogP contribution in [0.1, 0.15) is 20.8 Å². The Balaban J connectivity index is 0.00000484. The first kappa shape index (κ1) is 22.1. The van der Waals surface area contributed by atoms with Crippen LogP contribution in [-0.4, -0.2) is 77.8 Å². The molecule has 1 amide bonds. The number of amides is 1.